The van der Waals surface area contributed by atoms with E-state index < -0.39 is 0 Å². The molecule has 112 valence electrons. The standard InChI is InChI=1S/C16H14ClN3O2/c1-10-12-5-3-4-6-14(12)20(19-10)16(21)18-13-9-11(17)7-8-15(13)22-2/h3-9H,1-2H3,(H,18,21). The third-order valence-electron chi connectivity index (χ3n) is 3.37. The number of ether oxygens (including phenoxy) is 1. The minimum atomic E-state index is -0.370. The molecule has 22 heavy (non-hydrogen) atoms. The maximum absolute atomic E-state index is 12.5. The topological polar surface area (TPSA) is 56.1 Å². The third-order valence-corrected chi connectivity index (χ3v) is 3.60. The molecule has 0 unspecified atom stereocenters. The van der Waals surface area contributed by atoms with Gasteiger partial charge in [-0.25, -0.2) is 4.79 Å². The van der Waals surface area contributed by atoms with Crippen molar-refractivity contribution in [1.82, 2.24) is 9.78 Å². The van der Waals surface area contributed by atoms with E-state index >= 15 is 0 Å². The maximum Gasteiger partial charge on any atom is 0.347 e. The van der Waals surface area contributed by atoms with Crippen LogP contribution < -0.4 is 10.1 Å². The Hall–Kier alpha value is -2.53. The van der Waals surface area contributed by atoms with E-state index in [1.807, 2.05) is 31.2 Å². The molecular weight excluding hydrogens is 302 g/mol. The van der Waals surface area contributed by atoms with Gasteiger partial charge in [-0.15, -0.1) is 0 Å². The predicted molar refractivity (Wildman–Crippen MR) is 86.9 cm³/mol. The zero-order valence-electron chi connectivity index (χ0n) is 12.1. The molecule has 2 aromatic carbocycles. The van der Waals surface area contributed by atoms with Crippen molar-refractivity contribution in [3.63, 3.8) is 0 Å². The van der Waals surface area contributed by atoms with Crippen LogP contribution in [0.5, 0.6) is 5.75 Å². The van der Waals surface area contributed by atoms with Gasteiger partial charge in [-0.05, 0) is 31.2 Å². The molecular formula is C16H14ClN3O2. The van der Waals surface area contributed by atoms with E-state index in [-0.39, 0.29) is 6.03 Å². The lowest BCUT2D eigenvalue weighted by Crippen LogP contribution is -2.21. The van der Waals surface area contributed by atoms with Crippen LogP contribution in [0.25, 0.3) is 10.9 Å². The number of hydrogen-bond donors (Lipinski definition) is 1. The zero-order valence-corrected chi connectivity index (χ0v) is 12.9. The molecule has 0 saturated carbocycles. The molecule has 1 heterocycles. The Morgan fingerprint density at radius 1 is 1.27 bits per heavy atom. The van der Waals surface area contributed by atoms with Crippen LogP contribution >= 0.6 is 11.6 Å². The Bertz CT molecular complexity index is 858. The van der Waals surface area contributed by atoms with Crippen molar-refractivity contribution in [2.75, 3.05) is 12.4 Å². The smallest absolute Gasteiger partial charge is 0.347 e. The highest BCUT2D eigenvalue weighted by Crippen LogP contribution is 2.28. The molecule has 0 bridgehead atoms. The van der Waals surface area contributed by atoms with Crippen molar-refractivity contribution in [3.8, 4) is 5.75 Å². The van der Waals surface area contributed by atoms with Gasteiger partial charge in [0.2, 0.25) is 0 Å². The van der Waals surface area contributed by atoms with E-state index in [1.165, 1.54) is 11.8 Å². The Morgan fingerprint density at radius 3 is 2.82 bits per heavy atom. The quantitative estimate of drug-likeness (QED) is 0.775. The second-order valence-electron chi connectivity index (χ2n) is 4.79. The summed E-state index contributed by atoms with van der Waals surface area (Å²) in [6, 6.07) is 12.2. The lowest BCUT2D eigenvalue weighted by atomic mass is 10.2. The number of carbonyl (C=O) groups excluding carboxylic acids is 1. The Morgan fingerprint density at radius 2 is 2.05 bits per heavy atom. The predicted octanol–water partition coefficient (Wildman–Crippen LogP) is 4.09. The SMILES string of the molecule is COc1ccc(Cl)cc1NC(=O)n1nc(C)c2ccccc21. The fourth-order valence-electron chi connectivity index (χ4n) is 2.32. The van der Waals surface area contributed by atoms with Crippen molar-refractivity contribution >= 4 is 34.2 Å². The van der Waals surface area contributed by atoms with Gasteiger partial charge < -0.3 is 10.1 Å². The molecule has 0 aliphatic rings. The first kappa shape index (κ1) is 14.4. The van der Waals surface area contributed by atoms with E-state index in [9.17, 15) is 4.79 Å². The number of rotatable bonds is 2. The molecule has 6 heteroatoms. The number of amides is 1. The first-order valence-corrected chi connectivity index (χ1v) is 7.07. The molecule has 0 spiro atoms. The van der Waals surface area contributed by atoms with E-state index in [1.54, 1.807) is 18.2 Å². The fraction of sp³-hybridized carbons (Fsp3) is 0.125. The summed E-state index contributed by atoms with van der Waals surface area (Å²) in [7, 11) is 1.53. The maximum atomic E-state index is 12.5. The molecule has 0 fully saturated rings. The summed E-state index contributed by atoms with van der Waals surface area (Å²) < 4.78 is 6.57. The van der Waals surface area contributed by atoms with Gasteiger partial charge in [0, 0.05) is 10.4 Å². The van der Waals surface area contributed by atoms with Crippen molar-refractivity contribution in [2.45, 2.75) is 6.92 Å². The Balaban J connectivity index is 1.99. The highest BCUT2D eigenvalue weighted by atomic mass is 35.5. The molecule has 0 radical (unpaired) electrons. The van der Waals surface area contributed by atoms with Gasteiger partial charge in [0.05, 0.1) is 24.0 Å². The van der Waals surface area contributed by atoms with Crippen LogP contribution in [0.2, 0.25) is 5.02 Å². The first-order valence-electron chi connectivity index (χ1n) is 6.69. The Kier molecular flexibility index (Phi) is 3.73. The van der Waals surface area contributed by atoms with Crippen LogP contribution in [0, 0.1) is 6.92 Å². The summed E-state index contributed by atoms with van der Waals surface area (Å²) in [5.41, 5.74) is 2.04. The van der Waals surface area contributed by atoms with Crippen LogP contribution in [-0.2, 0) is 0 Å². The lowest BCUT2D eigenvalue weighted by Gasteiger charge is -2.10. The highest BCUT2D eigenvalue weighted by molar-refractivity contribution is 6.31. The Labute approximate surface area is 132 Å². The summed E-state index contributed by atoms with van der Waals surface area (Å²) in [5, 5.41) is 8.52. The molecule has 1 amide bonds. The number of anilines is 1. The van der Waals surface area contributed by atoms with E-state index in [4.69, 9.17) is 16.3 Å². The summed E-state index contributed by atoms with van der Waals surface area (Å²) in [5.74, 6) is 0.533. The van der Waals surface area contributed by atoms with Gasteiger partial charge in [-0.1, -0.05) is 29.8 Å². The number of benzene rings is 2. The normalized spacial score (nSPS) is 10.7. The van der Waals surface area contributed by atoms with Crippen LogP contribution in [-0.4, -0.2) is 22.9 Å². The molecule has 3 aromatic rings. The first-order chi connectivity index (χ1) is 10.6. The van der Waals surface area contributed by atoms with E-state index in [0.717, 1.165) is 16.6 Å². The number of methoxy groups -OCH3 is 1. The minimum Gasteiger partial charge on any atom is -0.495 e. The van der Waals surface area contributed by atoms with Gasteiger partial charge in [0.25, 0.3) is 0 Å². The lowest BCUT2D eigenvalue weighted by molar-refractivity contribution is 0.251. The van der Waals surface area contributed by atoms with E-state index in [2.05, 4.69) is 10.4 Å². The summed E-state index contributed by atoms with van der Waals surface area (Å²) in [6.07, 6.45) is 0. The third kappa shape index (κ3) is 2.51. The van der Waals surface area contributed by atoms with Crippen LogP contribution in [0.15, 0.2) is 42.5 Å². The molecule has 5 nitrogen and oxygen atoms in total. The number of carbonyl (C=O) groups is 1. The van der Waals surface area contributed by atoms with Crippen molar-refractivity contribution in [2.24, 2.45) is 0 Å². The average Bonchev–Trinajstić information content (AvgIpc) is 2.85. The summed E-state index contributed by atoms with van der Waals surface area (Å²) in [4.78, 5) is 12.5. The van der Waals surface area contributed by atoms with Gasteiger partial charge in [0.15, 0.2) is 0 Å². The van der Waals surface area contributed by atoms with Crippen molar-refractivity contribution < 1.29 is 9.53 Å². The molecule has 3 rings (SSSR count). The summed E-state index contributed by atoms with van der Waals surface area (Å²) in [6.45, 7) is 1.87. The van der Waals surface area contributed by atoms with Gasteiger partial charge in [-0.3, -0.25) is 0 Å². The van der Waals surface area contributed by atoms with E-state index in [0.29, 0.717) is 16.5 Å². The number of nitrogens with zero attached hydrogens (tertiary/aromatic N) is 2. The molecule has 1 aromatic heterocycles. The molecule has 0 aliphatic heterocycles. The number of hydrogen-bond acceptors (Lipinski definition) is 3. The molecule has 1 N–H and O–H groups in total. The van der Waals surface area contributed by atoms with Gasteiger partial charge >= 0.3 is 6.03 Å². The van der Waals surface area contributed by atoms with Crippen molar-refractivity contribution in [3.05, 3.63) is 53.2 Å². The molecule has 0 atom stereocenters. The molecule has 0 aliphatic carbocycles. The highest BCUT2D eigenvalue weighted by Gasteiger charge is 2.15. The monoisotopic (exact) mass is 315 g/mol. The number of aryl methyl sites for hydroxylation is 1. The number of aromatic nitrogens is 2. The van der Waals surface area contributed by atoms with Gasteiger partial charge in [0.1, 0.15) is 5.75 Å². The fourth-order valence-corrected chi connectivity index (χ4v) is 2.49. The number of halogens is 1. The minimum absolute atomic E-state index is 0.370. The van der Waals surface area contributed by atoms with Crippen LogP contribution in [0.1, 0.15) is 5.69 Å². The second-order valence-corrected chi connectivity index (χ2v) is 5.23. The number of fused-ring (bicyclic) bond motifs is 1. The zero-order chi connectivity index (χ0) is 15.7. The largest absolute Gasteiger partial charge is 0.495 e. The van der Waals surface area contributed by atoms with Crippen LogP contribution in [0.4, 0.5) is 10.5 Å². The average molecular weight is 316 g/mol. The molecule has 0 saturated heterocycles. The number of nitrogens with one attached hydrogen (secondary N) is 1. The summed E-state index contributed by atoms with van der Waals surface area (Å²) >= 11 is 5.97. The van der Waals surface area contributed by atoms with Crippen molar-refractivity contribution in [1.29, 1.82) is 0 Å². The number of para-hydroxylation sites is 1. The second kappa shape index (κ2) is 5.69. The van der Waals surface area contributed by atoms with Crippen LogP contribution in [0.3, 0.4) is 0 Å². The van der Waals surface area contributed by atoms with Gasteiger partial charge in [-0.2, -0.15) is 9.78 Å².